The Bertz CT molecular complexity index is 814. The molecule has 3 rings (SSSR count). The Kier molecular flexibility index (Phi) is 6.39. The molecule has 0 aliphatic rings. The molecule has 0 spiro atoms. The number of hydrogen-bond donors (Lipinski definition) is 2. The Morgan fingerprint density at radius 1 is 0.808 bits per heavy atom. The molecule has 0 heterocycles. The summed E-state index contributed by atoms with van der Waals surface area (Å²) in [6, 6.07) is 29.7. The maximum Gasteiger partial charge on any atom is 0.166 e. The number of rotatable bonds is 6. The summed E-state index contributed by atoms with van der Waals surface area (Å²) >= 11 is 5.43. The fourth-order valence-electron chi connectivity index (χ4n) is 2.89. The van der Waals surface area contributed by atoms with Gasteiger partial charge in [-0.15, -0.1) is 0 Å². The van der Waals surface area contributed by atoms with Gasteiger partial charge in [0, 0.05) is 6.54 Å². The summed E-state index contributed by atoms with van der Waals surface area (Å²) in [6.45, 7) is 2.96. The van der Waals surface area contributed by atoms with Crippen molar-refractivity contribution >= 4 is 17.3 Å². The van der Waals surface area contributed by atoms with E-state index in [2.05, 4.69) is 90.4 Å². The summed E-state index contributed by atoms with van der Waals surface area (Å²) in [7, 11) is 0. The number of hydrogen-bond acceptors (Lipinski definition) is 1. The van der Waals surface area contributed by atoms with Crippen LogP contribution in [-0.2, 0) is 6.42 Å². The molecule has 2 N–H and O–H groups in total. The molecule has 0 fully saturated rings. The van der Waals surface area contributed by atoms with E-state index in [1.807, 2.05) is 12.1 Å². The molecule has 3 aromatic rings. The van der Waals surface area contributed by atoms with Gasteiger partial charge in [0.25, 0.3) is 0 Å². The Hall–Kier alpha value is -2.65. The third kappa shape index (κ3) is 5.17. The van der Waals surface area contributed by atoms with E-state index in [4.69, 9.17) is 12.2 Å². The summed E-state index contributed by atoms with van der Waals surface area (Å²) < 4.78 is 0. The van der Waals surface area contributed by atoms with E-state index in [9.17, 15) is 0 Å². The fourth-order valence-corrected chi connectivity index (χ4v) is 3.17. The van der Waals surface area contributed by atoms with Gasteiger partial charge in [-0.05, 0) is 47.8 Å². The molecular weight excluding hydrogens is 336 g/mol. The maximum absolute atomic E-state index is 5.43. The van der Waals surface area contributed by atoms with Crippen LogP contribution in [0.3, 0.4) is 0 Å². The molecule has 3 aromatic carbocycles. The second-order valence-corrected chi connectivity index (χ2v) is 6.75. The van der Waals surface area contributed by atoms with Crippen LogP contribution in [0.5, 0.6) is 0 Å². The van der Waals surface area contributed by atoms with Crippen LogP contribution in [0.2, 0.25) is 0 Å². The minimum atomic E-state index is 0.163. The van der Waals surface area contributed by atoms with E-state index >= 15 is 0 Å². The van der Waals surface area contributed by atoms with E-state index in [1.54, 1.807) is 0 Å². The summed E-state index contributed by atoms with van der Waals surface area (Å²) in [5.74, 6) is 0. The predicted octanol–water partition coefficient (Wildman–Crippen LogP) is 5.12. The van der Waals surface area contributed by atoms with E-state index in [0.29, 0.717) is 5.11 Å². The van der Waals surface area contributed by atoms with Crippen LogP contribution < -0.4 is 10.6 Å². The average Bonchev–Trinajstić information content (AvgIpc) is 2.69. The maximum atomic E-state index is 5.43. The molecule has 0 aliphatic carbocycles. The van der Waals surface area contributed by atoms with Crippen molar-refractivity contribution in [2.24, 2.45) is 0 Å². The molecular formula is C23H24N2S. The lowest BCUT2D eigenvalue weighted by Crippen LogP contribution is -2.37. The molecule has 0 unspecified atom stereocenters. The van der Waals surface area contributed by atoms with Crippen molar-refractivity contribution in [2.75, 3.05) is 6.54 Å². The zero-order valence-electron chi connectivity index (χ0n) is 15.0. The lowest BCUT2D eigenvalue weighted by atomic mass is 10.0. The number of nitrogens with one attached hydrogen (secondary N) is 2. The Morgan fingerprint density at radius 2 is 1.38 bits per heavy atom. The minimum Gasteiger partial charge on any atom is -0.362 e. The molecule has 0 amide bonds. The van der Waals surface area contributed by atoms with E-state index < -0.39 is 0 Å². The van der Waals surface area contributed by atoms with Crippen molar-refractivity contribution in [1.82, 2.24) is 10.6 Å². The Balaban J connectivity index is 1.49. The smallest absolute Gasteiger partial charge is 0.166 e. The number of thiocarbonyl (C=S) groups is 1. The molecule has 0 saturated carbocycles. The quantitative estimate of drug-likeness (QED) is 0.597. The first-order chi connectivity index (χ1) is 12.7. The minimum absolute atomic E-state index is 0.163. The van der Waals surface area contributed by atoms with Crippen molar-refractivity contribution in [3.05, 3.63) is 96.1 Å². The lowest BCUT2D eigenvalue weighted by molar-refractivity contribution is 0.697. The SMILES string of the molecule is C[C@H](NC(=S)NCCc1ccccc1)c1ccc(-c2ccccc2)cc1. The van der Waals surface area contributed by atoms with Gasteiger partial charge in [-0.25, -0.2) is 0 Å². The van der Waals surface area contributed by atoms with Crippen molar-refractivity contribution < 1.29 is 0 Å². The third-order valence-corrected chi connectivity index (χ3v) is 4.67. The molecule has 0 aromatic heterocycles. The van der Waals surface area contributed by atoms with Gasteiger partial charge in [0.2, 0.25) is 0 Å². The van der Waals surface area contributed by atoms with Crippen LogP contribution in [0.15, 0.2) is 84.9 Å². The van der Waals surface area contributed by atoms with Crippen molar-refractivity contribution in [2.45, 2.75) is 19.4 Å². The summed E-state index contributed by atoms with van der Waals surface area (Å²) in [5.41, 5.74) is 4.99. The van der Waals surface area contributed by atoms with E-state index in [1.165, 1.54) is 22.3 Å². The molecule has 3 heteroatoms. The monoisotopic (exact) mass is 360 g/mol. The number of benzene rings is 3. The van der Waals surface area contributed by atoms with Gasteiger partial charge >= 0.3 is 0 Å². The first-order valence-corrected chi connectivity index (χ1v) is 9.37. The standard InChI is InChI=1S/C23H24N2S/c1-18(25-23(26)24-17-16-19-8-4-2-5-9-19)20-12-14-22(15-13-20)21-10-6-3-7-11-21/h2-15,18H,16-17H2,1H3,(H2,24,25,26)/t18-/m0/s1. The van der Waals surface area contributed by atoms with E-state index in [-0.39, 0.29) is 6.04 Å². The van der Waals surface area contributed by atoms with Crippen LogP contribution in [0, 0.1) is 0 Å². The second-order valence-electron chi connectivity index (χ2n) is 6.35. The third-order valence-electron chi connectivity index (χ3n) is 4.41. The Morgan fingerprint density at radius 3 is 2.04 bits per heavy atom. The van der Waals surface area contributed by atoms with Gasteiger partial charge in [0.15, 0.2) is 5.11 Å². The molecule has 0 aliphatic heterocycles. The Labute approximate surface area is 161 Å². The normalized spacial score (nSPS) is 11.6. The molecule has 2 nitrogen and oxygen atoms in total. The van der Waals surface area contributed by atoms with Gasteiger partial charge in [-0.1, -0.05) is 84.9 Å². The zero-order valence-corrected chi connectivity index (χ0v) is 15.8. The van der Waals surface area contributed by atoms with Gasteiger partial charge in [-0.2, -0.15) is 0 Å². The average molecular weight is 361 g/mol. The van der Waals surface area contributed by atoms with Crippen molar-refractivity contribution in [3.8, 4) is 11.1 Å². The molecule has 0 radical (unpaired) electrons. The molecule has 132 valence electrons. The van der Waals surface area contributed by atoms with Gasteiger partial charge in [-0.3, -0.25) is 0 Å². The fraction of sp³-hybridized carbons (Fsp3) is 0.174. The van der Waals surface area contributed by atoms with Crippen LogP contribution in [0.4, 0.5) is 0 Å². The highest BCUT2D eigenvalue weighted by atomic mass is 32.1. The molecule has 1 atom stereocenters. The predicted molar refractivity (Wildman–Crippen MR) is 114 cm³/mol. The highest BCUT2D eigenvalue weighted by Crippen LogP contribution is 2.21. The van der Waals surface area contributed by atoms with E-state index in [0.717, 1.165) is 13.0 Å². The second kappa shape index (κ2) is 9.16. The first kappa shape index (κ1) is 18.2. The molecule has 26 heavy (non-hydrogen) atoms. The van der Waals surface area contributed by atoms with Gasteiger partial charge in [0.1, 0.15) is 0 Å². The molecule has 0 saturated heterocycles. The zero-order chi connectivity index (χ0) is 18.2. The highest BCUT2D eigenvalue weighted by Gasteiger charge is 2.07. The molecule has 0 bridgehead atoms. The van der Waals surface area contributed by atoms with Gasteiger partial charge in [0.05, 0.1) is 6.04 Å². The van der Waals surface area contributed by atoms with Crippen LogP contribution >= 0.6 is 12.2 Å². The summed E-state index contributed by atoms with van der Waals surface area (Å²) in [4.78, 5) is 0. The first-order valence-electron chi connectivity index (χ1n) is 8.96. The lowest BCUT2D eigenvalue weighted by Gasteiger charge is -2.18. The van der Waals surface area contributed by atoms with Crippen LogP contribution in [0.1, 0.15) is 24.1 Å². The summed E-state index contributed by atoms with van der Waals surface area (Å²) in [5, 5.41) is 7.35. The van der Waals surface area contributed by atoms with Crippen molar-refractivity contribution in [1.29, 1.82) is 0 Å². The highest BCUT2D eigenvalue weighted by molar-refractivity contribution is 7.80. The van der Waals surface area contributed by atoms with Crippen LogP contribution in [0.25, 0.3) is 11.1 Å². The van der Waals surface area contributed by atoms with Crippen molar-refractivity contribution in [3.63, 3.8) is 0 Å². The van der Waals surface area contributed by atoms with Crippen LogP contribution in [-0.4, -0.2) is 11.7 Å². The largest absolute Gasteiger partial charge is 0.362 e. The topological polar surface area (TPSA) is 24.1 Å². The summed E-state index contributed by atoms with van der Waals surface area (Å²) in [6.07, 6.45) is 0.961. The van der Waals surface area contributed by atoms with Gasteiger partial charge < -0.3 is 10.6 Å².